The van der Waals surface area contributed by atoms with Crippen molar-refractivity contribution in [2.75, 3.05) is 11.9 Å². The van der Waals surface area contributed by atoms with Crippen LogP contribution < -0.4 is 4.74 Å². The molecule has 0 aromatic heterocycles. The third-order valence-corrected chi connectivity index (χ3v) is 5.20. The number of ether oxygens (including phenoxy) is 1. The number of hydrogen-bond donors (Lipinski definition) is 0. The Kier molecular flexibility index (Phi) is 7.45. The Morgan fingerprint density at radius 2 is 1.79 bits per heavy atom. The molecule has 0 aliphatic heterocycles. The number of benzene rings is 1. The van der Waals surface area contributed by atoms with E-state index in [-0.39, 0.29) is 5.41 Å². The summed E-state index contributed by atoms with van der Waals surface area (Å²) in [7, 11) is 0. The van der Waals surface area contributed by atoms with Gasteiger partial charge in [0.05, 0.1) is 6.61 Å². The molecule has 0 saturated carbocycles. The zero-order valence-corrected chi connectivity index (χ0v) is 15.3. The van der Waals surface area contributed by atoms with Crippen molar-refractivity contribution >= 4 is 31.9 Å². The molecule has 1 aromatic carbocycles. The van der Waals surface area contributed by atoms with Gasteiger partial charge in [0.15, 0.2) is 0 Å². The number of aryl methyl sites for hydroxylation is 1. The van der Waals surface area contributed by atoms with E-state index in [4.69, 9.17) is 4.74 Å². The Balaban J connectivity index is 2.74. The summed E-state index contributed by atoms with van der Waals surface area (Å²) in [6, 6.07) is 6.19. The van der Waals surface area contributed by atoms with E-state index in [1.165, 1.54) is 31.2 Å². The zero-order chi connectivity index (χ0) is 14.3. The molecule has 0 saturated heterocycles. The van der Waals surface area contributed by atoms with Crippen molar-refractivity contribution in [3.05, 3.63) is 28.2 Å². The van der Waals surface area contributed by atoms with Crippen molar-refractivity contribution in [3.63, 3.8) is 0 Å². The molecule has 0 radical (unpaired) electrons. The molecule has 1 nitrogen and oxygen atoms in total. The highest BCUT2D eigenvalue weighted by Crippen LogP contribution is 2.33. The minimum atomic E-state index is 0.267. The van der Waals surface area contributed by atoms with E-state index >= 15 is 0 Å². The third-order valence-electron chi connectivity index (χ3n) is 3.51. The van der Waals surface area contributed by atoms with Gasteiger partial charge in [0.1, 0.15) is 5.75 Å². The molecule has 0 N–H and O–H groups in total. The van der Waals surface area contributed by atoms with Crippen molar-refractivity contribution in [2.24, 2.45) is 5.41 Å². The van der Waals surface area contributed by atoms with Gasteiger partial charge in [-0.25, -0.2) is 0 Å². The van der Waals surface area contributed by atoms with Crippen LogP contribution in [0.5, 0.6) is 5.75 Å². The van der Waals surface area contributed by atoms with Gasteiger partial charge in [-0.1, -0.05) is 58.5 Å². The second-order valence-electron chi connectivity index (χ2n) is 5.33. The highest BCUT2D eigenvalue weighted by atomic mass is 79.9. The fourth-order valence-corrected chi connectivity index (χ4v) is 3.71. The van der Waals surface area contributed by atoms with Gasteiger partial charge in [0.25, 0.3) is 0 Å². The molecule has 0 atom stereocenters. The summed E-state index contributed by atoms with van der Waals surface area (Å²) in [5.74, 6) is 1.00. The fourth-order valence-electron chi connectivity index (χ4n) is 2.51. The predicted octanol–water partition coefficient (Wildman–Crippen LogP) is 6.12. The van der Waals surface area contributed by atoms with Gasteiger partial charge in [-0.2, -0.15) is 0 Å². The first-order valence-corrected chi connectivity index (χ1v) is 8.93. The lowest BCUT2D eigenvalue weighted by Crippen LogP contribution is -2.30. The number of rotatable bonds is 8. The van der Waals surface area contributed by atoms with E-state index in [0.717, 1.165) is 22.2 Å². The van der Waals surface area contributed by atoms with Crippen molar-refractivity contribution < 1.29 is 4.74 Å². The molecule has 0 unspecified atom stereocenters. The lowest BCUT2D eigenvalue weighted by Gasteiger charge is -2.31. The molecule has 0 aliphatic rings. The highest BCUT2D eigenvalue weighted by Gasteiger charge is 2.28. The summed E-state index contributed by atoms with van der Waals surface area (Å²) >= 11 is 7.18. The first kappa shape index (κ1) is 17.0. The van der Waals surface area contributed by atoms with Crippen LogP contribution in [0.4, 0.5) is 0 Å². The lowest BCUT2D eigenvalue weighted by molar-refractivity contribution is 0.144. The number of hydrogen-bond acceptors (Lipinski definition) is 1. The van der Waals surface area contributed by atoms with Crippen molar-refractivity contribution in [3.8, 4) is 5.75 Å². The number of alkyl halides is 1. The van der Waals surface area contributed by atoms with Crippen LogP contribution in [0, 0.1) is 12.3 Å². The maximum Gasteiger partial charge on any atom is 0.122 e. The van der Waals surface area contributed by atoms with Crippen LogP contribution >= 0.6 is 31.9 Å². The Morgan fingerprint density at radius 3 is 2.26 bits per heavy atom. The molecular formula is C16H24Br2O. The van der Waals surface area contributed by atoms with Crippen LogP contribution in [0.15, 0.2) is 22.7 Å². The van der Waals surface area contributed by atoms with E-state index in [1.807, 2.05) is 6.07 Å². The lowest BCUT2D eigenvalue weighted by atomic mass is 9.82. The van der Waals surface area contributed by atoms with Crippen LogP contribution in [-0.4, -0.2) is 11.9 Å². The SMILES string of the molecule is CCCC(CBr)(CCC)COc1ccc(Br)cc1C. The van der Waals surface area contributed by atoms with E-state index < -0.39 is 0 Å². The molecule has 0 spiro atoms. The second kappa shape index (κ2) is 8.31. The van der Waals surface area contributed by atoms with Gasteiger partial charge in [0.2, 0.25) is 0 Å². The Bertz CT molecular complexity index is 384. The zero-order valence-electron chi connectivity index (χ0n) is 12.1. The second-order valence-corrected chi connectivity index (χ2v) is 6.81. The van der Waals surface area contributed by atoms with Gasteiger partial charge >= 0.3 is 0 Å². The van der Waals surface area contributed by atoms with Crippen LogP contribution in [0.2, 0.25) is 0 Å². The molecule has 1 rings (SSSR count). The summed E-state index contributed by atoms with van der Waals surface area (Å²) in [6.45, 7) is 7.38. The van der Waals surface area contributed by atoms with Crippen molar-refractivity contribution in [2.45, 2.75) is 46.5 Å². The largest absolute Gasteiger partial charge is 0.493 e. The smallest absolute Gasteiger partial charge is 0.122 e. The van der Waals surface area contributed by atoms with Crippen LogP contribution in [0.25, 0.3) is 0 Å². The number of halogens is 2. The van der Waals surface area contributed by atoms with Crippen molar-refractivity contribution in [1.29, 1.82) is 0 Å². The van der Waals surface area contributed by atoms with Gasteiger partial charge in [-0.3, -0.25) is 0 Å². The van der Waals surface area contributed by atoms with Gasteiger partial charge < -0.3 is 4.74 Å². The summed E-state index contributed by atoms with van der Waals surface area (Å²) < 4.78 is 7.21. The molecule has 0 bridgehead atoms. The normalized spacial score (nSPS) is 11.6. The average Bonchev–Trinajstić information content (AvgIpc) is 2.38. The molecule has 0 heterocycles. The summed E-state index contributed by atoms with van der Waals surface area (Å²) in [5.41, 5.74) is 1.45. The maximum absolute atomic E-state index is 6.10. The third kappa shape index (κ3) is 5.11. The molecule has 1 aromatic rings. The van der Waals surface area contributed by atoms with Crippen LogP contribution in [-0.2, 0) is 0 Å². The topological polar surface area (TPSA) is 9.23 Å². The Labute approximate surface area is 134 Å². The average molecular weight is 392 g/mol. The summed E-state index contributed by atoms with van der Waals surface area (Å²) in [5, 5.41) is 1.01. The van der Waals surface area contributed by atoms with E-state index in [9.17, 15) is 0 Å². The van der Waals surface area contributed by atoms with E-state index in [1.54, 1.807) is 0 Å². The fraction of sp³-hybridized carbons (Fsp3) is 0.625. The Morgan fingerprint density at radius 1 is 1.16 bits per heavy atom. The first-order chi connectivity index (χ1) is 9.06. The van der Waals surface area contributed by atoms with Gasteiger partial charge in [-0.05, 0) is 43.5 Å². The van der Waals surface area contributed by atoms with Gasteiger partial charge in [-0.15, -0.1) is 0 Å². The minimum Gasteiger partial charge on any atom is -0.493 e. The van der Waals surface area contributed by atoms with Gasteiger partial charge in [0, 0.05) is 15.2 Å². The monoisotopic (exact) mass is 390 g/mol. The van der Waals surface area contributed by atoms with Crippen LogP contribution in [0.3, 0.4) is 0 Å². The minimum absolute atomic E-state index is 0.267. The quantitative estimate of drug-likeness (QED) is 0.485. The molecule has 0 fully saturated rings. The molecule has 3 heteroatoms. The van der Waals surface area contributed by atoms with E-state index in [0.29, 0.717) is 0 Å². The van der Waals surface area contributed by atoms with Crippen LogP contribution in [0.1, 0.15) is 45.1 Å². The summed E-state index contributed by atoms with van der Waals surface area (Å²) in [6.07, 6.45) is 4.83. The molecular weight excluding hydrogens is 368 g/mol. The predicted molar refractivity (Wildman–Crippen MR) is 90.4 cm³/mol. The summed E-state index contributed by atoms with van der Waals surface area (Å²) in [4.78, 5) is 0. The molecule has 108 valence electrons. The van der Waals surface area contributed by atoms with E-state index in [2.05, 4.69) is 64.8 Å². The highest BCUT2D eigenvalue weighted by molar-refractivity contribution is 9.10. The first-order valence-electron chi connectivity index (χ1n) is 7.02. The molecule has 0 aliphatic carbocycles. The molecule has 0 amide bonds. The molecule has 19 heavy (non-hydrogen) atoms. The van der Waals surface area contributed by atoms with Crippen molar-refractivity contribution in [1.82, 2.24) is 0 Å². The maximum atomic E-state index is 6.10. The Hall–Kier alpha value is -0.0200. The standard InChI is InChI=1S/C16H24Br2O/c1-4-8-16(11-17,9-5-2)12-19-15-7-6-14(18)10-13(15)3/h6-7,10H,4-5,8-9,11-12H2,1-3H3.